The first-order valence-electron chi connectivity index (χ1n) is 18.8. The van der Waals surface area contributed by atoms with Crippen LogP contribution in [0.5, 0.6) is 0 Å². The van der Waals surface area contributed by atoms with Crippen molar-refractivity contribution in [2.45, 2.75) is 38.5 Å². The summed E-state index contributed by atoms with van der Waals surface area (Å²) in [5, 5.41) is 6.34. The number of fused-ring (bicyclic) bond motifs is 7. The van der Waals surface area contributed by atoms with Crippen LogP contribution in [0.1, 0.15) is 49.9 Å². The fraction of sp³-hybridized carbons (Fsp3) is 0.115. The van der Waals surface area contributed by atoms with Crippen LogP contribution in [0.15, 0.2) is 170 Å². The van der Waals surface area contributed by atoms with Crippen LogP contribution in [0.25, 0.3) is 66.4 Å². The number of nitrogens with one attached hydrogen (secondary N) is 1. The van der Waals surface area contributed by atoms with E-state index in [0.29, 0.717) is 0 Å². The van der Waals surface area contributed by atoms with Crippen molar-refractivity contribution in [3.63, 3.8) is 0 Å². The molecule has 1 nitrogen and oxygen atoms in total. The molecule has 53 heavy (non-hydrogen) atoms. The summed E-state index contributed by atoms with van der Waals surface area (Å²) in [6, 6.07) is 62.8. The predicted octanol–water partition coefficient (Wildman–Crippen LogP) is 14.2. The molecule has 0 amide bonds. The maximum absolute atomic E-state index is 3.81. The Kier molecular flexibility index (Phi) is 6.94. The summed E-state index contributed by atoms with van der Waals surface area (Å²) >= 11 is 0. The highest BCUT2D eigenvalue weighted by Crippen LogP contribution is 2.51. The zero-order valence-corrected chi connectivity index (χ0v) is 30.7. The molecule has 2 aliphatic rings. The van der Waals surface area contributed by atoms with Crippen LogP contribution in [0.2, 0.25) is 0 Å². The van der Waals surface area contributed by atoms with Crippen LogP contribution in [0.4, 0.5) is 11.4 Å². The monoisotopic (exact) mass is 679 g/mol. The Bertz CT molecular complexity index is 2760. The number of hydrogen-bond acceptors (Lipinski definition) is 1. The molecule has 10 rings (SSSR count). The average Bonchev–Trinajstić information content (AvgIpc) is 3.57. The summed E-state index contributed by atoms with van der Waals surface area (Å²) in [6.07, 6.45) is 0. The minimum absolute atomic E-state index is 0.0350. The second kappa shape index (κ2) is 11.7. The molecule has 0 heterocycles. The lowest BCUT2D eigenvalue weighted by Gasteiger charge is -2.22. The summed E-state index contributed by atoms with van der Waals surface area (Å²) in [4.78, 5) is 0. The van der Waals surface area contributed by atoms with Gasteiger partial charge in [-0.1, -0.05) is 167 Å². The van der Waals surface area contributed by atoms with Gasteiger partial charge < -0.3 is 5.32 Å². The van der Waals surface area contributed by atoms with Crippen molar-refractivity contribution in [1.29, 1.82) is 0 Å². The van der Waals surface area contributed by atoms with Gasteiger partial charge in [0, 0.05) is 27.8 Å². The molecule has 0 aromatic heterocycles. The van der Waals surface area contributed by atoms with Crippen LogP contribution in [0, 0.1) is 0 Å². The fourth-order valence-electron chi connectivity index (χ4n) is 9.31. The Labute approximate surface area is 312 Å². The molecule has 0 atom stereocenters. The minimum Gasteiger partial charge on any atom is -0.355 e. The molecule has 0 aliphatic heterocycles. The number of anilines is 2. The smallest absolute Gasteiger partial charge is 0.0463 e. The molecule has 8 aromatic carbocycles. The quantitative estimate of drug-likeness (QED) is 0.191. The van der Waals surface area contributed by atoms with Crippen LogP contribution in [-0.2, 0) is 10.8 Å². The second-order valence-corrected chi connectivity index (χ2v) is 15.8. The van der Waals surface area contributed by atoms with E-state index in [0.717, 1.165) is 11.4 Å². The van der Waals surface area contributed by atoms with Gasteiger partial charge in [0.05, 0.1) is 0 Å². The largest absolute Gasteiger partial charge is 0.355 e. The van der Waals surface area contributed by atoms with Gasteiger partial charge in [0.2, 0.25) is 0 Å². The van der Waals surface area contributed by atoms with E-state index in [4.69, 9.17) is 0 Å². The Hall–Kier alpha value is -6.18. The van der Waals surface area contributed by atoms with Crippen LogP contribution in [-0.4, -0.2) is 0 Å². The zero-order valence-electron chi connectivity index (χ0n) is 30.7. The van der Waals surface area contributed by atoms with E-state index in [9.17, 15) is 0 Å². The summed E-state index contributed by atoms with van der Waals surface area (Å²) < 4.78 is 0. The molecule has 0 radical (unpaired) electrons. The molecule has 0 unspecified atom stereocenters. The summed E-state index contributed by atoms with van der Waals surface area (Å²) in [5.41, 5.74) is 20.5. The number of hydrogen-bond donors (Lipinski definition) is 1. The highest BCUT2D eigenvalue weighted by Gasteiger charge is 2.36. The van der Waals surface area contributed by atoms with Gasteiger partial charge in [-0.05, 0) is 113 Å². The summed E-state index contributed by atoms with van der Waals surface area (Å²) in [6.45, 7) is 9.40. The molecule has 0 saturated carbocycles. The first kappa shape index (κ1) is 31.5. The third-order valence-corrected chi connectivity index (χ3v) is 12.1. The second-order valence-electron chi connectivity index (χ2n) is 15.8. The van der Waals surface area contributed by atoms with E-state index < -0.39 is 0 Å². The number of para-hydroxylation sites is 1. The molecule has 254 valence electrons. The van der Waals surface area contributed by atoms with Gasteiger partial charge in [0.15, 0.2) is 0 Å². The fourth-order valence-corrected chi connectivity index (χ4v) is 9.31. The first-order chi connectivity index (χ1) is 25.8. The topological polar surface area (TPSA) is 12.0 Å². The lowest BCUT2D eigenvalue weighted by molar-refractivity contribution is 0.660. The average molecular weight is 680 g/mol. The summed E-state index contributed by atoms with van der Waals surface area (Å²) in [7, 11) is 0. The summed E-state index contributed by atoms with van der Waals surface area (Å²) in [5.74, 6) is 0. The Morgan fingerprint density at radius 3 is 1.34 bits per heavy atom. The molecule has 1 heteroatoms. The lowest BCUT2D eigenvalue weighted by atomic mass is 9.81. The predicted molar refractivity (Wildman–Crippen MR) is 225 cm³/mol. The molecule has 0 saturated heterocycles. The van der Waals surface area contributed by atoms with Crippen molar-refractivity contribution in [3.05, 3.63) is 192 Å². The molecule has 2 aliphatic carbocycles. The zero-order chi connectivity index (χ0) is 35.9. The maximum Gasteiger partial charge on any atom is 0.0463 e. The molecule has 1 N–H and O–H groups in total. The molecule has 8 aromatic rings. The maximum atomic E-state index is 3.81. The molecular weight excluding hydrogens is 639 g/mol. The highest BCUT2D eigenvalue weighted by atomic mass is 14.9. The van der Waals surface area contributed by atoms with Gasteiger partial charge in [-0.25, -0.2) is 0 Å². The van der Waals surface area contributed by atoms with E-state index in [2.05, 4.69) is 203 Å². The van der Waals surface area contributed by atoms with Gasteiger partial charge in [-0.2, -0.15) is 0 Å². The third-order valence-electron chi connectivity index (χ3n) is 12.1. The van der Waals surface area contributed by atoms with E-state index in [1.807, 2.05) is 0 Å². The number of benzene rings is 8. The van der Waals surface area contributed by atoms with Crippen molar-refractivity contribution in [2.24, 2.45) is 0 Å². The molecule has 0 bridgehead atoms. The third kappa shape index (κ3) is 4.84. The Morgan fingerprint density at radius 1 is 0.321 bits per heavy atom. The van der Waals surface area contributed by atoms with Crippen molar-refractivity contribution >= 4 is 22.1 Å². The standard InChI is InChI=1S/C52H41N/c1-51(2)46-21-10-7-19-42(46)44-26-24-34(31-48(44)51)38-29-28-37(40-17-5-6-18-41(38)40)33-14-13-15-36(30-33)53-50-23-12-9-16-39(50)35-25-27-45-43-20-8-11-22-47(43)52(3,4)49(45)32-35/h5-32,53H,1-4H3. The van der Waals surface area contributed by atoms with E-state index in [1.165, 1.54) is 88.7 Å². The Morgan fingerprint density at radius 2 is 0.755 bits per heavy atom. The van der Waals surface area contributed by atoms with Gasteiger partial charge in [0.25, 0.3) is 0 Å². The van der Waals surface area contributed by atoms with Crippen LogP contribution < -0.4 is 5.32 Å². The Balaban J connectivity index is 0.999. The van der Waals surface area contributed by atoms with Gasteiger partial charge in [-0.3, -0.25) is 0 Å². The van der Waals surface area contributed by atoms with E-state index in [-0.39, 0.29) is 10.8 Å². The molecule has 0 spiro atoms. The van der Waals surface area contributed by atoms with Crippen LogP contribution in [0.3, 0.4) is 0 Å². The van der Waals surface area contributed by atoms with Crippen LogP contribution >= 0.6 is 0 Å². The molecular formula is C52H41N. The van der Waals surface area contributed by atoms with Crippen molar-refractivity contribution < 1.29 is 0 Å². The van der Waals surface area contributed by atoms with Crippen molar-refractivity contribution in [3.8, 4) is 55.6 Å². The number of rotatable bonds is 5. The van der Waals surface area contributed by atoms with Crippen molar-refractivity contribution in [2.75, 3.05) is 5.32 Å². The normalized spacial score (nSPS) is 14.3. The van der Waals surface area contributed by atoms with Crippen molar-refractivity contribution in [1.82, 2.24) is 0 Å². The van der Waals surface area contributed by atoms with E-state index >= 15 is 0 Å². The lowest BCUT2D eigenvalue weighted by Crippen LogP contribution is -2.14. The minimum atomic E-state index is -0.0417. The van der Waals surface area contributed by atoms with Gasteiger partial charge in [-0.15, -0.1) is 0 Å². The molecule has 0 fully saturated rings. The SMILES string of the molecule is CC1(C)c2ccccc2-c2ccc(-c3ccccc3Nc3cccc(-c4ccc(-c5ccc6c(c5)C(C)(C)c5ccccc5-6)c5ccccc45)c3)cc21. The first-order valence-corrected chi connectivity index (χ1v) is 18.8. The van der Waals surface area contributed by atoms with Gasteiger partial charge in [0.1, 0.15) is 0 Å². The highest BCUT2D eigenvalue weighted by molar-refractivity contribution is 6.05. The van der Waals surface area contributed by atoms with Gasteiger partial charge >= 0.3 is 0 Å². The van der Waals surface area contributed by atoms with E-state index in [1.54, 1.807) is 0 Å².